The van der Waals surface area contributed by atoms with Gasteiger partial charge in [-0.3, -0.25) is 14.5 Å². The third kappa shape index (κ3) is 4.81. The van der Waals surface area contributed by atoms with Crippen molar-refractivity contribution in [3.05, 3.63) is 94.5 Å². The number of hydrogen-bond donors (Lipinski definition) is 1. The summed E-state index contributed by atoms with van der Waals surface area (Å²) < 4.78 is 0. The predicted octanol–water partition coefficient (Wildman–Crippen LogP) is 3.96. The van der Waals surface area contributed by atoms with Crippen molar-refractivity contribution in [2.45, 2.75) is 13.0 Å². The molecule has 1 aliphatic carbocycles. The number of aliphatic imine (C=N–C) groups is 1. The van der Waals surface area contributed by atoms with Crippen LogP contribution >= 0.6 is 11.6 Å². The molecular weight excluding hydrogens is 414 g/mol. The Kier molecular flexibility index (Phi) is 6.09. The molecule has 1 atom stereocenters. The highest BCUT2D eigenvalue weighted by atomic mass is 35.5. The maximum Gasteiger partial charge on any atom is 0.350 e. The van der Waals surface area contributed by atoms with E-state index in [1.54, 1.807) is 48.6 Å². The number of benzene rings is 2. The monoisotopic (exact) mass is 433 g/mol. The molecule has 0 aromatic heterocycles. The predicted molar refractivity (Wildman–Crippen MR) is 119 cm³/mol. The minimum absolute atomic E-state index is 0.112. The molecule has 6 nitrogen and oxygen atoms in total. The molecule has 156 valence electrons. The molecule has 31 heavy (non-hydrogen) atoms. The van der Waals surface area contributed by atoms with Gasteiger partial charge in [-0.25, -0.2) is 4.79 Å². The molecule has 0 fully saturated rings. The lowest BCUT2D eigenvalue weighted by Crippen LogP contribution is -2.45. The molecule has 2 aromatic carbocycles. The molecule has 1 unspecified atom stereocenters. The van der Waals surface area contributed by atoms with Crippen molar-refractivity contribution in [3.8, 4) is 0 Å². The van der Waals surface area contributed by atoms with Crippen molar-refractivity contribution in [1.82, 2.24) is 10.2 Å². The third-order valence-electron chi connectivity index (χ3n) is 5.16. The van der Waals surface area contributed by atoms with Gasteiger partial charge in [0, 0.05) is 17.1 Å². The lowest BCUT2D eigenvalue weighted by molar-refractivity contribution is -0.129. The number of fused-ring (bicyclic) bond motifs is 1. The maximum absolute atomic E-state index is 12.7. The van der Waals surface area contributed by atoms with E-state index in [-0.39, 0.29) is 18.4 Å². The van der Waals surface area contributed by atoms with Gasteiger partial charge in [0.15, 0.2) is 0 Å². The van der Waals surface area contributed by atoms with Crippen molar-refractivity contribution in [2.75, 3.05) is 6.54 Å². The minimum atomic E-state index is -0.569. The molecule has 4 rings (SSSR count). The Labute approximate surface area is 184 Å². The van der Waals surface area contributed by atoms with E-state index in [1.807, 2.05) is 24.3 Å². The van der Waals surface area contributed by atoms with E-state index in [1.165, 1.54) is 0 Å². The summed E-state index contributed by atoms with van der Waals surface area (Å²) in [6.07, 6.45) is 7.64. The minimum Gasteiger partial charge on any atom is -0.352 e. The van der Waals surface area contributed by atoms with E-state index in [9.17, 15) is 14.4 Å². The number of carbonyl (C=O) groups excluding carboxylic acids is 3. The first-order chi connectivity index (χ1) is 15.0. The van der Waals surface area contributed by atoms with Crippen LogP contribution in [0.3, 0.4) is 0 Å². The lowest BCUT2D eigenvalue weighted by Gasteiger charge is -2.28. The van der Waals surface area contributed by atoms with Crippen LogP contribution in [-0.4, -0.2) is 35.0 Å². The quantitative estimate of drug-likeness (QED) is 0.748. The van der Waals surface area contributed by atoms with Gasteiger partial charge in [0.25, 0.3) is 5.91 Å². The highest BCUT2D eigenvalue weighted by Crippen LogP contribution is 2.21. The molecule has 0 bridgehead atoms. The molecule has 1 N–H and O–H groups in total. The summed E-state index contributed by atoms with van der Waals surface area (Å²) in [4.78, 5) is 42.5. The van der Waals surface area contributed by atoms with Crippen LogP contribution in [0.4, 0.5) is 4.79 Å². The van der Waals surface area contributed by atoms with Crippen LogP contribution in [0.2, 0.25) is 5.02 Å². The fraction of sp³-hybridized carbons (Fsp3) is 0.167. The van der Waals surface area contributed by atoms with Crippen molar-refractivity contribution < 1.29 is 14.4 Å². The number of nitrogens with one attached hydrogen (secondary N) is 1. The number of carbonyl (C=O) groups is 3. The number of nitrogens with zero attached hydrogens (tertiary/aromatic N) is 2. The first-order valence-electron chi connectivity index (χ1n) is 9.91. The van der Waals surface area contributed by atoms with Crippen LogP contribution in [0.25, 0.3) is 0 Å². The standard InChI is InChI=1S/C24H20ClN3O3/c25-19-11-7-16(8-12-19)13-14-26-22(29)18-9-5-17(6-10-18)15-28-23(30)20-3-1-2-4-21(20)27-24(28)31/h1-12,20H,13-15H2,(H,26,29). The highest BCUT2D eigenvalue weighted by Gasteiger charge is 2.35. The second-order valence-electron chi connectivity index (χ2n) is 7.29. The molecule has 2 aliphatic rings. The highest BCUT2D eigenvalue weighted by molar-refractivity contribution is 6.30. The number of urea groups is 1. The summed E-state index contributed by atoms with van der Waals surface area (Å²) in [6.45, 7) is 0.615. The van der Waals surface area contributed by atoms with Gasteiger partial charge >= 0.3 is 6.03 Å². The fourth-order valence-corrected chi connectivity index (χ4v) is 3.57. The summed E-state index contributed by atoms with van der Waals surface area (Å²) in [6, 6.07) is 13.8. The smallest absolute Gasteiger partial charge is 0.350 e. The summed E-state index contributed by atoms with van der Waals surface area (Å²) in [7, 11) is 0. The van der Waals surface area contributed by atoms with Gasteiger partial charge in [-0.1, -0.05) is 54.1 Å². The van der Waals surface area contributed by atoms with E-state index in [0.717, 1.165) is 16.0 Å². The van der Waals surface area contributed by atoms with Gasteiger partial charge in [-0.05, 0) is 47.9 Å². The van der Waals surface area contributed by atoms with Crippen LogP contribution in [0.15, 0.2) is 77.8 Å². The summed E-state index contributed by atoms with van der Waals surface area (Å²) >= 11 is 5.87. The van der Waals surface area contributed by atoms with Gasteiger partial charge in [0.1, 0.15) is 0 Å². The Balaban J connectivity index is 1.34. The van der Waals surface area contributed by atoms with Gasteiger partial charge in [-0.15, -0.1) is 0 Å². The first kappa shape index (κ1) is 20.8. The Bertz CT molecular complexity index is 1100. The molecule has 0 spiro atoms. The van der Waals surface area contributed by atoms with Crippen molar-refractivity contribution in [3.63, 3.8) is 0 Å². The SMILES string of the molecule is O=C(NCCc1ccc(Cl)cc1)c1ccc(CN2C(=O)N=C3C=CC=CC3C2=O)cc1. The molecule has 0 saturated heterocycles. The van der Waals surface area contributed by atoms with Crippen molar-refractivity contribution in [2.24, 2.45) is 10.9 Å². The average Bonchev–Trinajstić information content (AvgIpc) is 2.78. The van der Waals surface area contributed by atoms with E-state index in [4.69, 9.17) is 11.6 Å². The Morgan fingerprint density at radius 3 is 2.45 bits per heavy atom. The summed E-state index contributed by atoms with van der Waals surface area (Å²) in [5.74, 6) is -0.993. The van der Waals surface area contributed by atoms with Gasteiger partial charge in [0.2, 0.25) is 5.91 Å². The molecule has 0 radical (unpaired) electrons. The summed E-state index contributed by atoms with van der Waals surface area (Å²) in [5, 5.41) is 3.57. The second-order valence-corrected chi connectivity index (χ2v) is 7.73. The van der Waals surface area contributed by atoms with Crippen LogP contribution in [0.1, 0.15) is 21.5 Å². The Hall–Kier alpha value is -3.51. The molecule has 7 heteroatoms. The maximum atomic E-state index is 12.7. The number of halogens is 1. The fourth-order valence-electron chi connectivity index (χ4n) is 3.44. The van der Waals surface area contributed by atoms with Crippen LogP contribution in [0, 0.1) is 5.92 Å². The van der Waals surface area contributed by atoms with Crippen LogP contribution < -0.4 is 5.32 Å². The van der Waals surface area contributed by atoms with E-state index >= 15 is 0 Å². The zero-order valence-electron chi connectivity index (χ0n) is 16.6. The molecule has 4 amide bonds. The molecule has 1 aliphatic heterocycles. The topological polar surface area (TPSA) is 78.8 Å². The molecular formula is C24H20ClN3O3. The van der Waals surface area contributed by atoms with Crippen LogP contribution in [0.5, 0.6) is 0 Å². The van der Waals surface area contributed by atoms with Crippen molar-refractivity contribution in [1.29, 1.82) is 0 Å². The van der Waals surface area contributed by atoms with Gasteiger partial charge in [0.05, 0.1) is 18.2 Å². The van der Waals surface area contributed by atoms with E-state index in [2.05, 4.69) is 10.3 Å². The third-order valence-corrected chi connectivity index (χ3v) is 5.41. The largest absolute Gasteiger partial charge is 0.352 e. The number of imide groups is 1. The summed E-state index contributed by atoms with van der Waals surface area (Å²) in [5.41, 5.74) is 2.81. The number of hydrogen-bond acceptors (Lipinski definition) is 3. The average molecular weight is 434 g/mol. The first-order valence-corrected chi connectivity index (χ1v) is 10.3. The molecule has 2 aromatic rings. The number of amides is 4. The molecule has 1 heterocycles. The number of rotatable bonds is 6. The lowest BCUT2D eigenvalue weighted by atomic mass is 9.95. The Morgan fingerprint density at radius 1 is 1.00 bits per heavy atom. The van der Waals surface area contributed by atoms with Crippen LogP contribution in [-0.2, 0) is 17.8 Å². The Morgan fingerprint density at radius 2 is 1.71 bits per heavy atom. The van der Waals surface area contributed by atoms with Gasteiger partial charge in [-0.2, -0.15) is 4.99 Å². The van der Waals surface area contributed by atoms with E-state index in [0.29, 0.717) is 29.3 Å². The van der Waals surface area contributed by atoms with Gasteiger partial charge < -0.3 is 5.32 Å². The van der Waals surface area contributed by atoms with E-state index < -0.39 is 11.9 Å². The van der Waals surface area contributed by atoms with Crippen molar-refractivity contribution >= 4 is 35.2 Å². The zero-order valence-corrected chi connectivity index (χ0v) is 17.4. The number of allylic oxidation sites excluding steroid dienone is 3. The molecule has 0 saturated carbocycles. The zero-order chi connectivity index (χ0) is 21.8. The second kappa shape index (κ2) is 9.10. The normalized spacial score (nSPS) is 17.4.